The van der Waals surface area contributed by atoms with E-state index in [1.54, 1.807) is 0 Å². The second kappa shape index (κ2) is 2.48. The summed E-state index contributed by atoms with van der Waals surface area (Å²) >= 11 is 1.90. The molecule has 3 heteroatoms. The second-order valence-electron chi connectivity index (χ2n) is 2.90. The number of hydrogen-bond acceptors (Lipinski definition) is 3. The Morgan fingerprint density at radius 1 is 1.78 bits per heavy atom. The van der Waals surface area contributed by atoms with Gasteiger partial charge < -0.3 is 10.8 Å². The third kappa shape index (κ3) is 1.39. The molecule has 0 bridgehead atoms. The number of thioether (sulfide) groups is 1. The maximum Gasteiger partial charge on any atom is 0.0611 e. The van der Waals surface area contributed by atoms with Crippen molar-refractivity contribution in [1.82, 2.24) is 0 Å². The lowest BCUT2D eigenvalue weighted by atomic mass is 9.90. The third-order valence-corrected chi connectivity index (χ3v) is 3.19. The zero-order chi connectivity index (χ0) is 6.91. The first-order valence-electron chi connectivity index (χ1n) is 3.14. The average molecular weight is 147 g/mol. The highest BCUT2D eigenvalue weighted by atomic mass is 32.2. The van der Waals surface area contributed by atoms with Gasteiger partial charge in [0.15, 0.2) is 0 Å². The van der Waals surface area contributed by atoms with Crippen molar-refractivity contribution in [3.63, 3.8) is 0 Å². The Hall–Kier alpha value is 0.270. The summed E-state index contributed by atoms with van der Waals surface area (Å²) in [7, 11) is 0. The molecule has 0 saturated carbocycles. The molecule has 0 aromatic carbocycles. The fourth-order valence-electron chi connectivity index (χ4n) is 0.746. The first-order chi connectivity index (χ1) is 4.17. The van der Waals surface area contributed by atoms with Gasteiger partial charge in [-0.3, -0.25) is 0 Å². The Bertz CT molecular complexity index is 101. The fourth-order valence-corrected chi connectivity index (χ4v) is 1.98. The molecule has 1 unspecified atom stereocenters. The smallest absolute Gasteiger partial charge is 0.0611 e. The van der Waals surface area contributed by atoms with Crippen molar-refractivity contribution >= 4 is 11.8 Å². The van der Waals surface area contributed by atoms with E-state index in [2.05, 4.69) is 0 Å². The molecule has 0 amide bonds. The van der Waals surface area contributed by atoms with E-state index in [1.165, 1.54) is 0 Å². The Kier molecular flexibility index (Phi) is 2.03. The van der Waals surface area contributed by atoms with Crippen LogP contribution in [0.2, 0.25) is 0 Å². The third-order valence-electron chi connectivity index (χ3n) is 1.91. The highest BCUT2D eigenvalue weighted by molar-refractivity contribution is 8.00. The van der Waals surface area contributed by atoms with Gasteiger partial charge in [0, 0.05) is 5.54 Å². The molecule has 1 rings (SSSR count). The number of rotatable bonds is 2. The number of hydrogen-bond donors (Lipinski definition) is 2. The van der Waals surface area contributed by atoms with E-state index >= 15 is 0 Å². The maximum absolute atomic E-state index is 8.80. The van der Waals surface area contributed by atoms with E-state index in [0.717, 1.165) is 11.5 Å². The van der Waals surface area contributed by atoms with Gasteiger partial charge in [-0.1, -0.05) is 0 Å². The predicted molar refractivity (Wildman–Crippen MR) is 40.5 cm³/mol. The molecule has 2 nitrogen and oxygen atoms in total. The van der Waals surface area contributed by atoms with Crippen LogP contribution < -0.4 is 5.73 Å². The van der Waals surface area contributed by atoms with Crippen LogP contribution in [0.1, 0.15) is 6.92 Å². The summed E-state index contributed by atoms with van der Waals surface area (Å²) in [5.41, 5.74) is 5.43. The summed E-state index contributed by atoms with van der Waals surface area (Å²) in [6.07, 6.45) is 0. The van der Waals surface area contributed by atoms with E-state index in [0.29, 0.717) is 5.92 Å². The summed E-state index contributed by atoms with van der Waals surface area (Å²) in [5, 5.41) is 8.80. The highest BCUT2D eigenvalue weighted by Crippen LogP contribution is 2.31. The molecule has 1 atom stereocenters. The van der Waals surface area contributed by atoms with Crippen LogP contribution in [0.3, 0.4) is 0 Å². The monoisotopic (exact) mass is 147 g/mol. The highest BCUT2D eigenvalue weighted by Gasteiger charge is 2.34. The van der Waals surface area contributed by atoms with Gasteiger partial charge in [0.2, 0.25) is 0 Å². The van der Waals surface area contributed by atoms with Crippen LogP contribution in [0.15, 0.2) is 0 Å². The van der Waals surface area contributed by atoms with Crippen molar-refractivity contribution in [2.24, 2.45) is 11.7 Å². The Balaban J connectivity index is 2.37. The molecule has 54 valence electrons. The molecule has 0 aliphatic carbocycles. The summed E-state index contributed by atoms with van der Waals surface area (Å²) in [6.45, 7) is 2.02. The minimum Gasteiger partial charge on any atom is -0.394 e. The Morgan fingerprint density at radius 2 is 2.33 bits per heavy atom. The van der Waals surface area contributed by atoms with Crippen molar-refractivity contribution in [3.8, 4) is 0 Å². The van der Waals surface area contributed by atoms with Gasteiger partial charge in [0.05, 0.1) is 6.61 Å². The molecule has 1 aliphatic heterocycles. The van der Waals surface area contributed by atoms with Crippen LogP contribution in [0, 0.1) is 5.92 Å². The first kappa shape index (κ1) is 7.38. The molecule has 0 aromatic rings. The number of aliphatic hydroxyl groups is 1. The van der Waals surface area contributed by atoms with Crippen LogP contribution in [-0.4, -0.2) is 28.8 Å². The lowest BCUT2D eigenvalue weighted by molar-refractivity contribution is 0.169. The zero-order valence-electron chi connectivity index (χ0n) is 5.63. The Labute approximate surface area is 59.8 Å². The van der Waals surface area contributed by atoms with Crippen molar-refractivity contribution in [2.45, 2.75) is 12.5 Å². The molecule has 0 aromatic heterocycles. The van der Waals surface area contributed by atoms with E-state index in [9.17, 15) is 0 Å². The lowest BCUT2D eigenvalue weighted by Gasteiger charge is -2.38. The molecular weight excluding hydrogens is 134 g/mol. The van der Waals surface area contributed by atoms with Crippen LogP contribution in [-0.2, 0) is 0 Å². The average Bonchev–Trinajstić information content (AvgIpc) is 1.60. The minimum absolute atomic E-state index is 0.109. The van der Waals surface area contributed by atoms with Crippen molar-refractivity contribution in [1.29, 1.82) is 0 Å². The quantitative estimate of drug-likeness (QED) is 0.580. The van der Waals surface area contributed by atoms with Crippen molar-refractivity contribution < 1.29 is 5.11 Å². The molecule has 9 heavy (non-hydrogen) atoms. The molecule has 1 aliphatic rings. The minimum atomic E-state index is -0.328. The van der Waals surface area contributed by atoms with E-state index in [-0.39, 0.29) is 12.1 Å². The largest absolute Gasteiger partial charge is 0.394 e. The topological polar surface area (TPSA) is 46.2 Å². The van der Waals surface area contributed by atoms with Gasteiger partial charge in [0.25, 0.3) is 0 Å². The van der Waals surface area contributed by atoms with Crippen LogP contribution in [0.25, 0.3) is 0 Å². The lowest BCUT2D eigenvalue weighted by Crippen LogP contribution is -2.52. The standard InChI is InChI=1S/C6H13NOS/c1-6(7,4-8)5-2-9-3-5/h5,8H,2-4,7H2,1H3. The summed E-state index contributed by atoms with van der Waals surface area (Å²) in [6, 6.07) is 0. The van der Waals surface area contributed by atoms with E-state index in [1.807, 2.05) is 18.7 Å². The number of nitrogens with two attached hydrogens (primary N) is 1. The van der Waals surface area contributed by atoms with Gasteiger partial charge in [-0.2, -0.15) is 11.8 Å². The van der Waals surface area contributed by atoms with E-state index in [4.69, 9.17) is 10.8 Å². The summed E-state index contributed by atoms with van der Waals surface area (Å²) in [5.74, 6) is 2.77. The van der Waals surface area contributed by atoms with Crippen molar-refractivity contribution in [3.05, 3.63) is 0 Å². The van der Waals surface area contributed by atoms with Crippen LogP contribution in [0.5, 0.6) is 0 Å². The second-order valence-corrected chi connectivity index (χ2v) is 3.97. The number of aliphatic hydroxyl groups excluding tert-OH is 1. The molecule has 1 saturated heterocycles. The molecule has 0 spiro atoms. The van der Waals surface area contributed by atoms with Gasteiger partial charge in [-0.15, -0.1) is 0 Å². The molecule has 0 radical (unpaired) electrons. The maximum atomic E-state index is 8.80. The SMILES string of the molecule is CC(N)(CO)C1CSC1. The van der Waals surface area contributed by atoms with Crippen LogP contribution >= 0.6 is 11.8 Å². The normalized spacial score (nSPS) is 27.0. The van der Waals surface area contributed by atoms with Crippen LogP contribution in [0.4, 0.5) is 0 Å². The molecule has 1 heterocycles. The summed E-state index contributed by atoms with van der Waals surface area (Å²) in [4.78, 5) is 0. The molecule has 3 N–H and O–H groups in total. The van der Waals surface area contributed by atoms with Gasteiger partial charge in [-0.25, -0.2) is 0 Å². The zero-order valence-corrected chi connectivity index (χ0v) is 6.45. The van der Waals surface area contributed by atoms with Crippen molar-refractivity contribution in [2.75, 3.05) is 18.1 Å². The van der Waals surface area contributed by atoms with Gasteiger partial charge in [0.1, 0.15) is 0 Å². The van der Waals surface area contributed by atoms with E-state index < -0.39 is 0 Å². The fraction of sp³-hybridized carbons (Fsp3) is 1.00. The Morgan fingerprint density at radius 3 is 2.44 bits per heavy atom. The molecule has 1 fully saturated rings. The first-order valence-corrected chi connectivity index (χ1v) is 4.30. The van der Waals surface area contributed by atoms with Gasteiger partial charge in [-0.05, 0) is 24.3 Å². The predicted octanol–water partition coefficient (Wildman–Crippen LogP) is 0.0591. The summed E-state index contributed by atoms with van der Waals surface area (Å²) < 4.78 is 0. The van der Waals surface area contributed by atoms with Gasteiger partial charge >= 0.3 is 0 Å². The molecular formula is C6H13NOS.